The Morgan fingerprint density at radius 2 is 2.13 bits per heavy atom. The minimum absolute atomic E-state index is 0.467. The summed E-state index contributed by atoms with van der Waals surface area (Å²) in [5, 5.41) is 0. The van der Waals surface area contributed by atoms with E-state index in [9.17, 15) is 0 Å². The lowest BCUT2D eigenvalue weighted by atomic mass is 9.76. The molecule has 2 rings (SSSR count). The molecule has 1 aromatic heterocycles. The van der Waals surface area contributed by atoms with Crippen molar-refractivity contribution in [3.05, 3.63) is 29.6 Å². The van der Waals surface area contributed by atoms with E-state index < -0.39 is 0 Å². The molecule has 1 heterocycles. The van der Waals surface area contributed by atoms with Gasteiger partial charge in [-0.1, -0.05) is 20.8 Å². The third kappa shape index (κ3) is 2.80. The van der Waals surface area contributed by atoms with E-state index in [0.29, 0.717) is 5.41 Å². The highest BCUT2D eigenvalue weighted by molar-refractivity contribution is 5.26. The highest BCUT2D eigenvalue weighted by atomic mass is 14.6. The molecule has 0 radical (unpaired) electrons. The molecular formula is C14H21N. The van der Waals surface area contributed by atoms with Crippen molar-refractivity contribution >= 4 is 0 Å². The third-order valence-electron chi connectivity index (χ3n) is 3.24. The SMILES string of the molecule is CC(C)(C)CC1CCc2cnccc2C1. The molecule has 0 spiro atoms. The Balaban J connectivity index is 2.06. The summed E-state index contributed by atoms with van der Waals surface area (Å²) in [5.74, 6) is 0.875. The van der Waals surface area contributed by atoms with Gasteiger partial charge in [-0.25, -0.2) is 0 Å². The molecule has 0 aliphatic heterocycles. The minimum atomic E-state index is 0.467. The van der Waals surface area contributed by atoms with Crippen LogP contribution < -0.4 is 0 Å². The average molecular weight is 203 g/mol. The number of nitrogens with zero attached hydrogens (tertiary/aromatic N) is 1. The van der Waals surface area contributed by atoms with Crippen molar-refractivity contribution in [2.45, 2.75) is 46.5 Å². The molecule has 82 valence electrons. The van der Waals surface area contributed by atoms with E-state index in [1.807, 2.05) is 12.4 Å². The van der Waals surface area contributed by atoms with Gasteiger partial charge >= 0.3 is 0 Å². The molecule has 0 fully saturated rings. The summed E-state index contributed by atoms with van der Waals surface area (Å²) in [7, 11) is 0. The number of pyridine rings is 1. The topological polar surface area (TPSA) is 12.9 Å². The molecule has 15 heavy (non-hydrogen) atoms. The fourth-order valence-corrected chi connectivity index (χ4v) is 2.69. The highest BCUT2D eigenvalue weighted by Gasteiger charge is 2.23. The normalized spacial score (nSPS) is 21.1. The number of hydrogen-bond acceptors (Lipinski definition) is 1. The number of aromatic nitrogens is 1. The van der Waals surface area contributed by atoms with E-state index in [1.54, 1.807) is 0 Å². The quantitative estimate of drug-likeness (QED) is 0.679. The maximum atomic E-state index is 4.20. The first-order valence-electron chi connectivity index (χ1n) is 5.96. The Bertz CT molecular complexity index is 335. The van der Waals surface area contributed by atoms with Gasteiger partial charge in [0.1, 0.15) is 0 Å². The molecule has 1 unspecified atom stereocenters. The summed E-state index contributed by atoms with van der Waals surface area (Å²) >= 11 is 0. The van der Waals surface area contributed by atoms with Gasteiger partial charge in [0.15, 0.2) is 0 Å². The summed E-state index contributed by atoms with van der Waals surface area (Å²) in [6, 6.07) is 2.20. The average Bonchev–Trinajstić information content (AvgIpc) is 2.15. The molecule has 1 aliphatic carbocycles. The van der Waals surface area contributed by atoms with Crippen LogP contribution in [0.1, 0.15) is 44.7 Å². The molecule has 1 nitrogen and oxygen atoms in total. The van der Waals surface area contributed by atoms with Crippen LogP contribution in [0.4, 0.5) is 0 Å². The van der Waals surface area contributed by atoms with Crippen molar-refractivity contribution in [1.82, 2.24) is 4.98 Å². The van der Waals surface area contributed by atoms with Gasteiger partial charge in [-0.05, 0) is 54.2 Å². The number of fused-ring (bicyclic) bond motifs is 1. The summed E-state index contributed by atoms with van der Waals surface area (Å²) in [5.41, 5.74) is 3.48. The lowest BCUT2D eigenvalue weighted by molar-refractivity contribution is 0.273. The van der Waals surface area contributed by atoms with Crippen molar-refractivity contribution < 1.29 is 0 Å². The van der Waals surface area contributed by atoms with Crippen LogP contribution in [0, 0.1) is 11.3 Å². The van der Waals surface area contributed by atoms with Crippen LogP contribution in [0.15, 0.2) is 18.5 Å². The van der Waals surface area contributed by atoms with Crippen LogP contribution in [0.5, 0.6) is 0 Å². The van der Waals surface area contributed by atoms with E-state index in [0.717, 1.165) is 5.92 Å². The predicted octanol–water partition coefficient (Wildman–Crippen LogP) is 3.62. The molecule has 0 aromatic carbocycles. The Kier molecular flexibility index (Phi) is 2.81. The van der Waals surface area contributed by atoms with Gasteiger partial charge in [-0.3, -0.25) is 4.98 Å². The maximum absolute atomic E-state index is 4.20. The molecule has 1 heteroatoms. The van der Waals surface area contributed by atoms with Crippen molar-refractivity contribution in [2.75, 3.05) is 0 Å². The molecule has 0 saturated carbocycles. The number of hydrogen-bond donors (Lipinski definition) is 0. The third-order valence-corrected chi connectivity index (χ3v) is 3.24. The molecule has 0 amide bonds. The van der Waals surface area contributed by atoms with Crippen LogP contribution in [0.3, 0.4) is 0 Å². The zero-order valence-electron chi connectivity index (χ0n) is 10.1. The number of aryl methyl sites for hydroxylation is 1. The zero-order chi connectivity index (χ0) is 10.9. The van der Waals surface area contributed by atoms with Gasteiger partial charge in [0, 0.05) is 12.4 Å². The van der Waals surface area contributed by atoms with Crippen LogP contribution in [0.25, 0.3) is 0 Å². The van der Waals surface area contributed by atoms with Gasteiger partial charge in [0.2, 0.25) is 0 Å². The van der Waals surface area contributed by atoms with Gasteiger partial charge in [0.25, 0.3) is 0 Å². The van der Waals surface area contributed by atoms with Crippen molar-refractivity contribution in [1.29, 1.82) is 0 Å². The van der Waals surface area contributed by atoms with E-state index in [4.69, 9.17) is 0 Å². The van der Waals surface area contributed by atoms with Gasteiger partial charge in [0.05, 0.1) is 0 Å². The second kappa shape index (κ2) is 3.96. The molecule has 0 N–H and O–H groups in total. The number of rotatable bonds is 1. The second-order valence-electron chi connectivity index (χ2n) is 6.02. The largest absolute Gasteiger partial charge is 0.264 e. The van der Waals surface area contributed by atoms with Crippen LogP contribution in [0.2, 0.25) is 0 Å². The summed E-state index contributed by atoms with van der Waals surface area (Å²) in [6.07, 6.45) is 9.14. The zero-order valence-corrected chi connectivity index (χ0v) is 10.1. The summed E-state index contributed by atoms with van der Waals surface area (Å²) < 4.78 is 0. The standard InChI is InChI=1S/C14H21N/c1-14(2,3)9-11-4-5-13-10-15-7-6-12(13)8-11/h6-7,10-11H,4-5,8-9H2,1-3H3. The van der Waals surface area contributed by atoms with E-state index in [-0.39, 0.29) is 0 Å². The molecular weight excluding hydrogens is 182 g/mol. The first-order valence-corrected chi connectivity index (χ1v) is 5.96. The van der Waals surface area contributed by atoms with Gasteiger partial charge < -0.3 is 0 Å². The fraction of sp³-hybridized carbons (Fsp3) is 0.643. The van der Waals surface area contributed by atoms with Crippen LogP contribution in [-0.4, -0.2) is 4.98 Å². The van der Waals surface area contributed by atoms with Gasteiger partial charge in [-0.2, -0.15) is 0 Å². The maximum Gasteiger partial charge on any atom is 0.0302 e. The molecule has 1 aliphatic rings. The van der Waals surface area contributed by atoms with E-state index >= 15 is 0 Å². The Morgan fingerprint density at radius 3 is 2.87 bits per heavy atom. The monoisotopic (exact) mass is 203 g/mol. The van der Waals surface area contributed by atoms with E-state index in [2.05, 4.69) is 31.8 Å². The molecule has 0 saturated heterocycles. The lowest BCUT2D eigenvalue weighted by Gasteiger charge is -2.30. The molecule has 1 aromatic rings. The Morgan fingerprint density at radius 1 is 1.33 bits per heavy atom. The van der Waals surface area contributed by atoms with E-state index in [1.165, 1.54) is 36.8 Å². The van der Waals surface area contributed by atoms with Crippen molar-refractivity contribution in [3.63, 3.8) is 0 Å². The van der Waals surface area contributed by atoms with Crippen LogP contribution in [-0.2, 0) is 12.8 Å². The van der Waals surface area contributed by atoms with Crippen molar-refractivity contribution in [2.24, 2.45) is 11.3 Å². The summed E-state index contributed by atoms with van der Waals surface area (Å²) in [4.78, 5) is 4.20. The predicted molar refractivity (Wildman–Crippen MR) is 63.8 cm³/mol. The smallest absolute Gasteiger partial charge is 0.0302 e. The first kappa shape index (κ1) is 10.7. The second-order valence-corrected chi connectivity index (χ2v) is 6.02. The van der Waals surface area contributed by atoms with Gasteiger partial charge in [-0.15, -0.1) is 0 Å². The Labute approximate surface area is 92.9 Å². The molecule has 1 atom stereocenters. The van der Waals surface area contributed by atoms with Crippen LogP contribution >= 0.6 is 0 Å². The lowest BCUT2D eigenvalue weighted by Crippen LogP contribution is -2.20. The summed E-state index contributed by atoms with van der Waals surface area (Å²) in [6.45, 7) is 7.03. The highest BCUT2D eigenvalue weighted by Crippen LogP contribution is 2.33. The first-order chi connectivity index (χ1) is 7.04. The minimum Gasteiger partial charge on any atom is -0.264 e. The van der Waals surface area contributed by atoms with Crippen molar-refractivity contribution in [3.8, 4) is 0 Å². The Hall–Kier alpha value is -0.850. The molecule has 0 bridgehead atoms. The fourth-order valence-electron chi connectivity index (χ4n) is 2.69.